The molecule has 1 aliphatic rings. The maximum atomic E-state index is 11.4. The van der Waals surface area contributed by atoms with Crippen LogP contribution in [0.3, 0.4) is 0 Å². The van der Waals surface area contributed by atoms with E-state index in [-0.39, 0.29) is 17.6 Å². The van der Waals surface area contributed by atoms with Gasteiger partial charge in [-0.1, -0.05) is 0 Å². The first-order chi connectivity index (χ1) is 6.20. The van der Waals surface area contributed by atoms with Gasteiger partial charge in [-0.25, -0.2) is 0 Å². The van der Waals surface area contributed by atoms with Gasteiger partial charge in [0, 0.05) is 18.5 Å². The fourth-order valence-electron chi connectivity index (χ4n) is 1.45. The van der Waals surface area contributed by atoms with E-state index in [0.29, 0.717) is 24.2 Å². The van der Waals surface area contributed by atoms with E-state index in [1.807, 2.05) is 6.92 Å². The largest absolute Gasteiger partial charge is 0.437 e. The number of carbonyl (C=O) groups is 2. The maximum Gasteiger partial charge on any atom is 0.204 e. The Morgan fingerprint density at radius 3 is 3.15 bits per heavy atom. The second-order valence-electron chi connectivity index (χ2n) is 3.18. The zero-order valence-corrected chi connectivity index (χ0v) is 7.16. The van der Waals surface area contributed by atoms with Crippen molar-refractivity contribution in [1.29, 1.82) is 0 Å². The van der Waals surface area contributed by atoms with Crippen LogP contribution in [0.2, 0.25) is 0 Å². The molecule has 2 heterocycles. The molecule has 13 heavy (non-hydrogen) atoms. The van der Waals surface area contributed by atoms with E-state index in [9.17, 15) is 9.59 Å². The van der Waals surface area contributed by atoms with Gasteiger partial charge in [0.25, 0.3) is 0 Å². The van der Waals surface area contributed by atoms with E-state index >= 15 is 0 Å². The van der Waals surface area contributed by atoms with Gasteiger partial charge >= 0.3 is 0 Å². The summed E-state index contributed by atoms with van der Waals surface area (Å²) in [6, 6.07) is 1.55. The van der Waals surface area contributed by atoms with Crippen LogP contribution in [0, 0.1) is 0 Å². The second-order valence-corrected chi connectivity index (χ2v) is 3.18. The minimum atomic E-state index is 0.0260. The number of rotatable bonds is 1. The van der Waals surface area contributed by atoms with Crippen LogP contribution in [0.15, 0.2) is 10.5 Å². The van der Waals surface area contributed by atoms with Gasteiger partial charge in [-0.2, -0.15) is 0 Å². The molecule has 4 nitrogen and oxygen atoms in total. The average Bonchev–Trinajstić information content (AvgIpc) is 2.47. The minimum absolute atomic E-state index is 0.0260. The molecule has 0 aliphatic carbocycles. The van der Waals surface area contributed by atoms with Gasteiger partial charge in [0.15, 0.2) is 17.8 Å². The molecule has 0 radical (unpaired) electrons. The van der Waals surface area contributed by atoms with Crippen LogP contribution in [0.4, 0.5) is 5.88 Å². The van der Waals surface area contributed by atoms with Crippen molar-refractivity contribution in [2.45, 2.75) is 19.4 Å². The second kappa shape index (κ2) is 2.73. The number of nitrogens with one attached hydrogen (secondary N) is 1. The topological polar surface area (TPSA) is 59.3 Å². The predicted molar refractivity (Wildman–Crippen MR) is 46.1 cm³/mol. The molecule has 0 bridgehead atoms. The highest BCUT2D eigenvalue weighted by Gasteiger charge is 2.25. The Bertz CT molecular complexity index is 367. The molecule has 0 saturated heterocycles. The zero-order chi connectivity index (χ0) is 9.42. The Hall–Kier alpha value is -1.58. The third kappa shape index (κ3) is 1.24. The molecule has 1 aliphatic heterocycles. The van der Waals surface area contributed by atoms with Crippen molar-refractivity contribution in [2.24, 2.45) is 0 Å². The van der Waals surface area contributed by atoms with E-state index in [1.54, 1.807) is 0 Å². The number of ketones is 1. The van der Waals surface area contributed by atoms with Gasteiger partial charge in [0.05, 0.1) is 5.56 Å². The Kier molecular flexibility index (Phi) is 1.69. The number of hydrogen-bond acceptors (Lipinski definition) is 4. The van der Waals surface area contributed by atoms with Crippen molar-refractivity contribution >= 4 is 18.0 Å². The van der Waals surface area contributed by atoms with Crippen molar-refractivity contribution in [3.8, 4) is 0 Å². The van der Waals surface area contributed by atoms with E-state index in [1.165, 1.54) is 6.07 Å². The number of aldehydes is 1. The predicted octanol–water partition coefficient (Wildman–Crippen LogP) is 1.48. The lowest BCUT2D eigenvalue weighted by molar-refractivity contribution is 0.0972. The molecule has 0 spiro atoms. The molecule has 68 valence electrons. The van der Waals surface area contributed by atoms with Gasteiger partial charge in [0.1, 0.15) is 0 Å². The number of fused-ring (bicyclic) bond motifs is 1. The summed E-state index contributed by atoms with van der Waals surface area (Å²) in [4.78, 5) is 21.8. The molecular weight excluding hydrogens is 170 g/mol. The first kappa shape index (κ1) is 8.04. The number of furan rings is 1. The van der Waals surface area contributed by atoms with Crippen molar-refractivity contribution in [2.75, 3.05) is 5.32 Å². The smallest absolute Gasteiger partial charge is 0.204 e. The minimum Gasteiger partial charge on any atom is -0.437 e. The van der Waals surface area contributed by atoms with Crippen LogP contribution in [0.25, 0.3) is 0 Å². The molecule has 1 N–H and O–H groups in total. The van der Waals surface area contributed by atoms with Gasteiger partial charge < -0.3 is 9.73 Å². The summed E-state index contributed by atoms with van der Waals surface area (Å²) < 4.78 is 5.10. The lowest BCUT2D eigenvalue weighted by Crippen LogP contribution is -2.25. The van der Waals surface area contributed by atoms with Crippen molar-refractivity contribution in [1.82, 2.24) is 0 Å². The number of anilines is 1. The van der Waals surface area contributed by atoms with Gasteiger partial charge in [-0.3, -0.25) is 9.59 Å². The zero-order valence-electron chi connectivity index (χ0n) is 7.16. The van der Waals surface area contributed by atoms with E-state index in [0.717, 1.165) is 0 Å². The Balaban J connectivity index is 2.46. The quantitative estimate of drug-likeness (QED) is 0.663. The summed E-state index contributed by atoms with van der Waals surface area (Å²) in [5.74, 6) is 0.643. The summed E-state index contributed by atoms with van der Waals surface area (Å²) in [6.07, 6.45) is 1.04. The van der Waals surface area contributed by atoms with Gasteiger partial charge in [-0.15, -0.1) is 0 Å². The third-order valence-corrected chi connectivity index (χ3v) is 2.04. The molecule has 0 fully saturated rings. The molecule has 0 aromatic carbocycles. The van der Waals surface area contributed by atoms with Crippen molar-refractivity contribution in [3.63, 3.8) is 0 Å². The van der Waals surface area contributed by atoms with Gasteiger partial charge in [-0.05, 0) is 6.92 Å². The SMILES string of the molecule is CC1CC(=O)c2cc(C=O)oc2N1. The Morgan fingerprint density at radius 1 is 1.69 bits per heavy atom. The van der Waals surface area contributed by atoms with Crippen LogP contribution in [-0.4, -0.2) is 18.1 Å². The lowest BCUT2D eigenvalue weighted by Gasteiger charge is -2.17. The van der Waals surface area contributed by atoms with Crippen LogP contribution in [0.1, 0.15) is 34.3 Å². The highest BCUT2D eigenvalue weighted by atomic mass is 16.4. The number of hydrogen-bond donors (Lipinski definition) is 1. The Labute approximate surface area is 74.9 Å². The van der Waals surface area contributed by atoms with Crippen LogP contribution < -0.4 is 5.32 Å². The molecule has 0 saturated carbocycles. The molecule has 1 aromatic heterocycles. The fraction of sp³-hybridized carbons (Fsp3) is 0.333. The number of Topliss-reactive ketones (excluding diaryl/α,β-unsaturated/α-hetero) is 1. The van der Waals surface area contributed by atoms with E-state index in [2.05, 4.69) is 5.32 Å². The highest BCUT2D eigenvalue weighted by Crippen LogP contribution is 2.27. The molecule has 2 rings (SSSR count). The number of carbonyl (C=O) groups excluding carboxylic acids is 2. The van der Waals surface area contributed by atoms with E-state index in [4.69, 9.17) is 4.42 Å². The van der Waals surface area contributed by atoms with Crippen LogP contribution in [-0.2, 0) is 0 Å². The summed E-state index contributed by atoms with van der Waals surface area (Å²) >= 11 is 0. The normalized spacial score (nSPS) is 20.7. The molecule has 1 aromatic rings. The Morgan fingerprint density at radius 2 is 2.46 bits per heavy atom. The molecule has 1 atom stereocenters. The summed E-state index contributed by atoms with van der Waals surface area (Å²) in [6.45, 7) is 1.89. The monoisotopic (exact) mass is 179 g/mol. The molecular formula is C9H9NO3. The van der Waals surface area contributed by atoms with Crippen molar-refractivity contribution in [3.05, 3.63) is 17.4 Å². The van der Waals surface area contributed by atoms with Crippen molar-refractivity contribution < 1.29 is 14.0 Å². The first-order valence-corrected chi connectivity index (χ1v) is 4.09. The maximum absolute atomic E-state index is 11.4. The standard InChI is InChI=1S/C9H9NO3/c1-5-2-8(12)7-3-6(4-11)13-9(7)10-5/h3-5,10H,2H2,1H3. The third-order valence-electron chi connectivity index (χ3n) is 2.04. The summed E-state index contributed by atoms with van der Waals surface area (Å²) in [7, 11) is 0. The van der Waals surface area contributed by atoms with E-state index < -0.39 is 0 Å². The highest BCUT2D eigenvalue weighted by molar-refractivity contribution is 6.03. The van der Waals surface area contributed by atoms with Gasteiger partial charge in [0.2, 0.25) is 5.88 Å². The van der Waals surface area contributed by atoms with Crippen LogP contribution >= 0.6 is 0 Å². The summed E-state index contributed by atoms with van der Waals surface area (Å²) in [5.41, 5.74) is 0.486. The first-order valence-electron chi connectivity index (χ1n) is 4.09. The molecule has 4 heteroatoms. The lowest BCUT2D eigenvalue weighted by atomic mass is 10.0. The van der Waals surface area contributed by atoms with Crippen LogP contribution in [0.5, 0.6) is 0 Å². The molecule has 1 unspecified atom stereocenters. The molecule has 0 amide bonds. The average molecular weight is 179 g/mol. The summed E-state index contributed by atoms with van der Waals surface area (Å²) in [5, 5.41) is 3.00. The fourth-order valence-corrected chi connectivity index (χ4v) is 1.45.